The highest BCUT2D eigenvalue weighted by Crippen LogP contribution is 2.25. The fraction of sp³-hybridized carbons (Fsp3) is 0.385. The Kier molecular flexibility index (Phi) is 3.78. The molecule has 15 heavy (non-hydrogen) atoms. The van der Waals surface area contributed by atoms with Crippen LogP contribution in [0.15, 0.2) is 30.3 Å². The van der Waals surface area contributed by atoms with E-state index in [0.717, 1.165) is 5.56 Å². The first kappa shape index (κ1) is 11.6. The fourth-order valence-electron chi connectivity index (χ4n) is 1.72. The number of hydrogen-bond acceptors (Lipinski definition) is 2. The minimum atomic E-state index is -0.363. The maximum atomic E-state index is 11.7. The summed E-state index contributed by atoms with van der Waals surface area (Å²) in [6, 6.07) is 9.46. The zero-order valence-corrected chi connectivity index (χ0v) is 9.36. The predicted molar refractivity (Wildman–Crippen MR) is 59.7 cm³/mol. The van der Waals surface area contributed by atoms with Crippen LogP contribution in [0.4, 0.5) is 0 Å². The summed E-state index contributed by atoms with van der Waals surface area (Å²) in [6.07, 6.45) is 0. The van der Waals surface area contributed by atoms with E-state index in [1.165, 1.54) is 6.92 Å². The number of ketones is 2. The third kappa shape index (κ3) is 2.75. The van der Waals surface area contributed by atoms with E-state index in [4.69, 9.17) is 0 Å². The smallest absolute Gasteiger partial charge is 0.205 e. The fourth-order valence-corrected chi connectivity index (χ4v) is 1.72. The molecule has 0 N–H and O–H groups in total. The molecule has 1 atom stereocenters. The lowest BCUT2D eigenvalue weighted by Gasteiger charge is -2.18. The van der Waals surface area contributed by atoms with Crippen LogP contribution < -0.4 is 0 Å². The summed E-state index contributed by atoms with van der Waals surface area (Å²) in [5.74, 6) is -0.818. The van der Waals surface area contributed by atoms with Gasteiger partial charge in [0.1, 0.15) is 0 Å². The van der Waals surface area contributed by atoms with Crippen molar-refractivity contribution in [3.05, 3.63) is 35.9 Å². The van der Waals surface area contributed by atoms with Crippen LogP contribution in [0.2, 0.25) is 0 Å². The highest BCUT2D eigenvalue weighted by atomic mass is 16.2. The van der Waals surface area contributed by atoms with E-state index in [1.54, 1.807) is 0 Å². The van der Waals surface area contributed by atoms with Crippen molar-refractivity contribution in [1.82, 2.24) is 0 Å². The van der Waals surface area contributed by atoms with Gasteiger partial charge in [-0.15, -0.1) is 0 Å². The van der Waals surface area contributed by atoms with E-state index in [1.807, 2.05) is 44.2 Å². The van der Waals surface area contributed by atoms with Gasteiger partial charge in [0.2, 0.25) is 5.78 Å². The minimum absolute atomic E-state index is 0.142. The summed E-state index contributed by atoms with van der Waals surface area (Å²) in [6.45, 7) is 5.25. The van der Waals surface area contributed by atoms with Gasteiger partial charge in [0.25, 0.3) is 0 Å². The summed E-state index contributed by atoms with van der Waals surface area (Å²) in [5, 5.41) is 0. The molecule has 1 aromatic rings. The standard InChI is InChI=1S/C13H16O2/c1-9(2)12(13(15)10(3)14)11-7-5-4-6-8-11/h4-9,12H,1-3H3. The summed E-state index contributed by atoms with van der Waals surface area (Å²) < 4.78 is 0. The summed E-state index contributed by atoms with van der Waals surface area (Å²) in [7, 11) is 0. The first-order valence-corrected chi connectivity index (χ1v) is 5.13. The highest BCUT2D eigenvalue weighted by molar-refractivity contribution is 6.38. The van der Waals surface area contributed by atoms with Gasteiger partial charge in [-0.2, -0.15) is 0 Å². The molecule has 0 aliphatic rings. The molecule has 2 heteroatoms. The second-order valence-electron chi connectivity index (χ2n) is 4.05. The third-order valence-corrected chi connectivity index (χ3v) is 2.45. The third-order valence-electron chi connectivity index (χ3n) is 2.45. The zero-order valence-electron chi connectivity index (χ0n) is 9.36. The molecule has 0 amide bonds. The lowest BCUT2D eigenvalue weighted by atomic mass is 9.84. The van der Waals surface area contributed by atoms with Crippen LogP contribution >= 0.6 is 0 Å². The van der Waals surface area contributed by atoms with Crippen LogP contribution in [0, 0.1) is 5.92 Å². The topological polar surface area (TPSA) is 34.1 Å². The summed E-state index contributed by atoms with van der Waals surface area (Å²) in [4.78, 5) is 22.8. The van der Waals surface area contributed by atoms with Gasteiger partial charge in [0, 0.05) is 6.92 Å². The van der Waals surface area contributed by atoms with Crippen LogP contribution in [0.25, 0.3) is 0 Å². The monoisotopic (exact) mass is 204 g/mol. The van der Waals surface area contributed by atoms with Crippen molar-refractivity contribution in [1.29, 1.82) is 0 Å². The first-order chi connectivity index (χ1) is 7.04. The Bertz CT molecular complexity index is 352. The quantitative estimate of drug-likeness (QED) is 0.706. The maximum Gasteiger partial charge on any atom is 0.205 e. The Morgan fingerprint density at radius 2 is 1.60 bits per heavy atom. The average Bonchev–Trinajstić information content (AvgIpc) is 2.18. The van der Waals surface area contributed by atoms with Gasteiger partial charge in [-0.3, -0.25) is 9.59 Å². The second-order valence-corrected chi connectivity index (χ2v) is 4.05. The number of rotatable bonds is 4. The molecule has 1 aromatic carbocycles. The molecule has 0 fully saturated rings. The van der Waals surface area contributed by atoms with Gasteiger partial charge in [0.15, 0.2) is 5.78 Å². The number of carbonyl (C=O) groups excluding carboxylic acids is 2. The van der Waals surface area contributed by atoms with Crippen molar-refractivity contribution in [2.24, 2.45) is 5.92 Å². The second kappa shape index (κ2) is 4.87. The van der Waals surface area contributed by atoms with Crippen LogP contribution in [-0.2, 0) is 9.59 Å². The molecule has 1 rings (SSSR count). The zero-order chi connectivity index (χ0) is 11.4. The van der Waals surface area contributed by atoms with Crippen molar-refractivity contribution in [3.8, 4) is 0 Å². The summed E-state index contributed by atoms with van der Waals surface area (Å²) in [5.41, 5.74) is 0.924. The molecule has 0 spiro atoms. The first-order valence-electron chi connectivity index (χ1n) is 5.13. The largest absolute Gasteiger partial charge is 0.291 e. The average molecular weight is 204 g/mol. The Balaban J connectivity index is 3.04. The van der Waals surface area contributed by atoms with Crippen LogP contribution in [-0.4, -0.2) is 11.6 Å². The number of carbonyl (C=O) groups is 2. The normalized spacial score (nSPS) is 12.5. The lowest BCUT2D eigenvalue weighted by molar-refractivity contribution is -0.136. The molecule has 0 bridgehead atoms. The lowest BCUT2D eigenvalue weighted by Crippen LogP contribution is -2.23. The summed E-state index contributed by atoms with van der Waals surface area (Å²) >= 11 is 0. The van der Waals surface area contributed by atoms with Crippen LogP contribution in [0.1, 0.15) is 32.3 Å². The Morgan fingerprint density at radius 1 is 1.07 bits per heavy atom. The van der Waals surface area contributed by atoms with Gasteiger partial charge < -0.3 is 0 Å². The number of hydrogen-bond donors (Lipinski definition) is 0. The molecule has 0 heterocycles. The van der Waals surface area contributed by atoms with E-state index in [-0.39, 0.29) is 23.4 Å². The molecule has 0 radical (unpaired) electrons. The van der Waals surface area contributed by atoms with Crippen molar-refractivity contribution in [2.75, 3.05) is 0 Å². The van der Waals surface area contributed by atoms with Gasteiger partial charge >= 0.3 is 0 Å². The molecule has 0 aromatic heterocycles. The maximum absolute atomic E-state index is 11.7. The van der Waals surface area contributed by atoms with Crippen molar-refractivity contribution >= 4 is 11.6 Å². The highest BCUT2D eigenvalue weighted by Gasteiger charge is 2.26. The van der Waals surface area contributed by atoms with E-state index in [9.17, 15) is 9.59 Å². The molecule has 1 unspecified atom stereocenters. The van der Waals surface area contributed by atoms with Gasteiger partial charge in [-0.05, 0) is 11.5 Å². The van der Waals surface area contributed by atoms with Gasteiger partial charge in [-0.1, -0.05) is 44.2 Å². The molecular weight excluding hydrogens is 188 g/mol. The predicted octanol–water partition coefficient (Wildman–Crippen LogP) is 2.58. The van der Waals surface area contributed by atoms with E-state index >= 15 is 0 Å². The minimum Gasteiger partial charge on any atom is -0.291 e. The molecule has 0 aliphatic heterocycles. The molecule has 0 saturated heterocycles. The van der Waals surface area contributed by atoms with Crippen LogP contribution in [0.3, 0.4) is 0 Å². The van der Waals surface area contributed by atoms with E-state index in [0.29, 0.717) is 0 Å². The van der Waals surface area contributed by atoms with E-state index < -0.39 is 0 Å². The van der Waals surface area contributed by atoms with E-state index in [2.05, 4.69) is 0 Å². The number of Topliss-reactive ketones (excluding diaryl/α,β-unsaturated/α-hetero) is 2. The Morgan fingerprint density at radius 3 is 2.00 bits per heavy atom. The molecule has 2 nitrogen and oxygen atoms in total. The molecule has 0 aliphatic carbocycles. The molecule has 80 valence electrons. The SMILES string of the molecule is CC(=O)C(=O)C(c1ccccc1)C(C)C. The Labute approximate surface area is 90.3 Å². The molecular formula is C13H16O2. The van der Waals surface area contributed by atoms with Crippen molar-refractivity contribution in [2.45, 2.75) is 26.7 Å². The molecule has 0 saturated carbocycles. The van der Waals surface area contributed by atoms with Crippen LogP contribution in [0.5, 0.6) is 0 Å². The number of benzene rings is 1. The van der Waals surface area contributed by atoms with Crippen molar-refractivity contribution in [3.63, 3.8) is 0 Å². The van der Waals surface area contributed by atoms with Gasteiger partial charge in [0.05, 0.1) is 5.92 Å². The van der Waals surface area contributed by atoms with Gasteiger partial charge in [-0.25, -0.2) is 0 Å². The Hall–Kier alpha value is -1.44. The van der Waals surface area contributed by atoms with Crippen molar-refractivity contribution < 1.29 is 9.59 Å².